The van der Waals surface area contributed by atoms with Gasteiger partial charge in [-0.25, -0.2) is 5.48 Å². The molecule has 0 aliphatic carbocycles. The van der Waals surface area contributed by atoms with Gasteiger partial charge in [0.2, 0.25) is 5.91 Å². The normalized spacial score (nSPS) is 16.0. The molecule has 2 atom stereocenters. The molecule has 1 fully saturated rings. The number of hydroxylamine groups is 1. The summed E-state index contributed by atoms with van der Waals surface area (Å²) < 4.78 is 5.46. The zero-order valence-corrected chi connectivity index (χ0v) is 19.9. The summed E-state index contributed by atoms with van der Waals surface area (Å²) >= 11 is 0. The molecule has 2 amide bonds. The zero-order chi connectivity index (χ0) is 24.3. The Morgan fingerprint density at radius 2 is 1.74 bits per heavy atom. The number of carbonyl (C=O) groups is 2. The van der Waals surface area contributed by atoms with Gasteiger partial charge < -0.3 is 14.7 Å². The molecular formula is C27H36N2O5. The molecular weight excluding hydrogens is 432 g/mol. The third-order valence-corrected chi connectivity index (χ3v) is 6.59. The molecule has 0 spiro atoms. The Hall–Kier alpha value is -2.90. The van der Waals surface area contributed by atoms with E-state index in [1.54, 1.807) is 4.90 Å². The van der Waals surface area contributed by atoms with Crippen molar-refractivity contribution in [2.24, 2.45) is 11.8 Å². The first-order valence-electron chi connectivity index (χ1n) is 12.2. The Balaban J connectivity index is 1.55. The van der Waals surface area contributed by atoms with Crippen molar-refractivity contribution in [3.8, 4) is 5.75 Å². The van der Waals surface area contributed by atoms with Gasteiger partial charge in [-0.1, -0.05) is 42.5 Å². The van der Waals surface area contributed by atoms with E-state index in [9.17, 15) is 14.7 Å². The van der Waals surface area contributed by atoms with Crippen LogP contribution in [0.25, 0.3) is 0 Å². The van der Waals surface area contributed by atoms with Crippen LogP contribution >= 0.6 is 0 Å². The molecule has 1 heterocycles. The highest BCUT2D eigenvalue weighted by Gasteiger charge is 2.35. The number of benzene rings is 2. The van der Waals surface area contributed by atoms with Crippen LogP contribution in [-0.4, -0.2) is 52.8 Å². The highest BCUT2D eigenvalue weighted by atomic mass is 16.5. The molecule has 0 saturated carbocycles. The maximum atomic E-state index is 13.3. The second-order valence-electron chi connectivity index (χ2n) is 8.95. The Morgan fingerprint density at radius 1 is 1.06 bits per heavy atom. The summed E-state index contributed by atoms with van der Waals surface area (Å²) in [6, 6.07) is 18.1. The Labute approximate surface area is 201 Å². The zero-order valence-electron chi connectivity index (χ0n) is 19.9. The van der Waals surface area contributed by atoms with Gasteiger partial charge >= 0.3 is 0 Å². The van der Waals surface area contributed by atoms with Gasteiger partial charge in [0.1, 0.15) is 11.9 Å². The summed E-state index contributed by atoms with van der Waals surface area (Å²) in [4.78, 5) is 27.0. The molecule has 3 N–H and O–H groups in total. The van der Waals surface area contributed by atoms with Crippen LogP contribution in [0.15, 0.2) is 54.6 Å². The van der Waals surface area contributed by atoms with Crippen LogP contribution in [0.2, 0.25) is 0 Å². The minimum atomic E-state index is -1.58. The first kappa shape index (κ1) is 25.7. The topological polar surface area (TPSA) is 99.1 Å². The molecule has 0 radical (unpaired) electrons. The van der Waals surface area contributed by atoms with E-state index in [1.807, 2.05) is 49.4 Å². The standard InChI is InChI=1S/C27H36N2O5/c1-2-34-23-13-11-20(12-14-23)9-6-10-24(25(30)26(31)28-33)27(32)29-17-15-22(16-18-29)19-21-7-4-3-5-8-21/h3-5,7-8,11-14,22,24-25,30,33H,2,6,9-10,15-19H2,1H3,(H,28,31)/t24-,25+/m1/s1. The highest BCUT2D eigenvalue weighted by Crippen LogP contribution is 2.25. The van der Waals surface area contributed by atoms with Crippen molar-refractivity contribution in [2.75, 3.05) is 19.7 Å². The summed E-state index contributed by atoms with van der Waals surface area (Å²) in [7, 11) is 0. The lowest BCUT2D eigenvalue weighted by atomic mass is 9.88. The molecule has 184 valence electrons. The van der Waals surface area contributed by atoms with Gasteiger partial charge in [-0.15, -0.1) is 0 Å². The fraction of sp³-hybridized carbons (Fsp3) is 0.481. The van der Waals surface area contributed by atoms with Crippen molar-refractivity contribution < 1.29 is 24.6 Å². The molecule has 34 heavy (non-hydrogen) atoms. The van der Waals surface area contributed by atoms with Crippen LogP contribution in [0.5, 0.6) is 5.75 Å². The van der Waals surface area contributed by atoms with Crippen LogP contribution in [0.3, 0.4) is 0 Å². The number of aliphatic hydroxyl groups is 1. The summed E-state index contributed by atoms with van der Waals surface area (Å²) in [5.41, 5.74) is 3.89. The third kappa shape index (κ3) is 7.30. The quantitative estimate of drug-likeness (QED) is 0.347. The number of piperidine rings is 1. The monoisotopic (exact) mass is 468 g/mol. The number of hydrogen-bond acceptors (Lipinski definition) is 5. The third-order valence-electron chi connectivity index (χ3n) is 6.59. The highest BCUT2D eigenvalue weighted by molar-refractivity contribution is 5.88. The van der Waals surface area contributed by atoms with E-state index in [2.05, 4.69) is 12.1 Å². The second kappa shape index (κ2) is 13.1. The number of aryl methyl sites for hydroxylation is 1. The molecule has 1 aliphatic heterocycles. The number of aliphatic hydroxyl groups excluding tert-OH is 1. The first-order valence-corrected chi connectivity index (χ1v) is 12.2. The SMILES string of the molecule is CCOc1ccc(CCC[C@@H](C(=O)N2CCC(Cc3ccccc3)CC2)[C@H](O)C(=O)NO)cc1. The largest absolute Gasteiger partial charge is 0.494 e. The smallest absolute Gasteiger partial charge is 0.272 e. The average molecular weight is 469 g/mol. The van der Waals surface area contributed by atoms with Gasteiger partial charge in [-0.2, -0.15) is 0 Å². The van der Waals surface area contributed by atoms with Crippen molar-refractivity contribution >= 4 is 11.8 Å². The lowest BCUT2D eigenvalue weighted by Gasteiger charge is -2.35. The van der Waals surface area contributed by atoms with Gasteiger partial charge in [0.25, 0.3) is 5.91 Å². The van der Waals surface area contributed by atoms with E-state index in [0.29, 0.717) is 44.9 Å². The maximum absolute atomic E-state index is 13.3. The van der Waals surface area contributed by atoms with Crippen molar-refractivity contribution in [1.82, 2.24) is 10.4 Å². The summed E-state index contributed by atoms with van der Waals surface area (Å²) in [5.74, 6) is -0.736. The molecule has 1 aliphatic rings. The van der Waals surface area contributed by atoms with Crippen molar-refractivity contribution in [3.05, 3.63) is 65.7 Å². The van der Waals surface area contributed by atoms with E-state index in [-0.39, 0.29) is 5.91 Å². The number of likely N-dealkylation sites (tertiary alicyclic amines) is 1. The minimum absolute atomic E-state index is 0.221. The lowest BCUT2D eigenvalue weighted by molar-refractivity contribution is -0.151. The van der Waals surface area contributed by atoms with Gasteiger partial charge in [-0.3, -0.25) is 14.8 Å². The number of hydrogen-bond donors (Lipinski definition) is 3. The summed E-state index contributed by atoms with van der Waals surface area (Å²) in [5, 5.41) is 19.5. The van der Waals surface area contributed by atoms with Gasteiger partial charge in [0.05, 0.1) is 12.5 Å². The molecule has 7 heteroatoms. The van der Waals surface area contributed by atoms with Crippen LogP contribution < -0.4 is 10.2 Å². The van der Waals surface area contributed by atoms with Gasteiger partial charge in [-0.05, 0) is 74.6 Å². The Bertz CT molecular complexity index is 895. The van der Waals surface area contributed by atoms with E-state index in [1.165, 1.54) is 11.0 Å². The predicted molar refractivity (Wildman–Crippen MR) is 129 cm³/mol. The molecule has 0 bridgehead atoms. The summed E-state index contributed by atoms with van der Waals surface area (Å²) in [6.07, 6.45) is 2.88. The van der Waals surface area contributed by atoms with Crippen molar-refractivity contribution in [3.63, 3.8) is 0 Å². The van der Waals surface area contributed by atoms with Crippen LogP contribution in [0, 0.1) is 11.8 Å². The van der Waals surface area contributed by atoms with Crippen LogP contribution in [0.1, 0.15) is 43.7 Å². The maximum Gasteiger partial charge on any atom is 0.272 e. The number of amides is 2. The molecule has 1 saturated heterocycles. The fourth-order valence-corrected chi connectivity index (χ4v) is 4.65. The number of carbonyl (C=O) groups excluding carboxylic acids is 2. The first-order chi connectivity index (χ1) is 16.5. The van der Waals surface area contributed by atoms with Crippen molar-refractivity contribution in [1.29, 1.82) is 0 Å². The van der Waals surface area contributed by atoms with Crippen LogP contribution in [-0.2, 0) is 22.4 Å². The number of nitrogens with one attached hydrogen (secondary N) is 1. The Kier molecular flexibility index (Phi) is 9.91. The second-order valence-corrected chi connectivity index (χ2v) is 8.95. The number of rotatable bonds is 11. The number of ether oxygens (including phenoxy) is 1. The summed E-state index contributed by atoms with van der Waals surface area (Å²) in [6.45, 7) is 3.76. The fourth-order valence-electron chi connectivity index (χ4n) is 4.65. The van der Waals surface area contributed by atoms with E-state index in [4.69, 9.17) is 9.94 Å². The molecule has 7 nitrogen and oxygen atoms in total. The van der Waals surface area contributed by atoms with Gasteiger partial charge in [0, 0.05) is 13.1 Å². The molecule has 0 unspecified atom stereocenters. The van der Waals surface area contributed by atoms with E-state index >= 15 is 0 Å². The van der Waals surface area contributed by atoms with Gasteiger partial charge in [0.15, 0.2) is 0 Å². The molecule has 2 aromatic rings. The van der Waals surface area contributed by atoms with Crippen molar-refractivity contribution in [2.45, 2.75) is 51.6 Å². The van der Waals surface area contributed by atoms with E-state index < -0.39 is 17.9 Å². The minimum Gasteiger partial charge on any atom is -0.494 e. The molecule has 0 aromatic heterocycles. The van der Waals surface area contributed by atoms with E-state index in [0.717, 1.165) is 30.6 Å². The lowest BCUT2D eigenvalue weighted by Crippen LogP contribution is -2.49. The molecule has 2 aromatic carbocycles. The predicted octanol–water partition coefficient (Wildman–Crippen LogP) is 3.37. The average Bonchev–Trinajstić information content (AvgIpc) is 2.87. The van der Waals surface area contributed by atoms with Crippen LogP contribution in [0.4, 0.5) is 0 Å². The molecule has 3 rings (SSSR count). The number of nitrogens with zero attached hydrogens (tertiary/aromatic N) is 1. The Morgan fingerprint density at radius 3 is 2.35 bits per heavy atom.